The van der Waals surface area contributed by atoms with Crippen LogP contribution in [0, 0.1) is 0 Å². The monoisotopic (exact) mass is 414 g/mol. The van der Waals surface area contributed by atoms with Crippen LogP contribution in [0.3, 0.4) is 0 Å². The summed E-state index contributed by atoms with van der Waals surface area (Å²) >= 11 is 12.1. The van der Waals surface area contributed by atoms with Crippen molar-refractivity contribution in [2.75, 3.05) is 6.61 Å². The van der Waals surface area contributed by atoms with Gasteiger partial charge in [0.2, 0.25) is 0 Å². The molecule has 0 bridgehead atoms. The van der Waals surface area contributed by atoms with Gasteiger partial charge in [0.1, 0.15) is 12.4 Å². The van der Waals surface area contributed by atoms with Crippen LogP contribution in [-0.2, 0) is 16.1 Å². The van der Waals surface area contributed by atoms with Crippen LogP contribution in [0.5, 0.6) is 5.75 Å². The molecule has 142 valence electrons. The van der Waals surface area contributed by atoms with Gasteiger partial charge in [0.15, 0.2) is 12.4 Å². The summed E-state index contributed by atoms with van der Waals surface area (Å²) in [6.07, 6.45) is 0. The van der Waals surface area contributed by atoms with Crippen LogP contribution in [0.25, 0.3) is 0 Å². The minimum absolute atomic E-state index is 0.0365. The maximum absolute atomic E-state index is 12.4. The summed E-state index contributed by atoms with van der Waals surface area (Å²) in [5.41, 5.74) is 1.69. The van der Waals surface area contributed by atoms with E-state index >= 15 is 0 Å². The zero-order chi connectivity index (χ0) is 19.9. The first-order valence-corrected chi connectivity index (χ1v) is 9.21. The van der Waals surface area contributed by atoms with Gasteiger partial charge in [-0.1, -0.05) is 59.6 Å². The van der Waals surface area contributed by atoms with Gasteiger partial charge in [-0.2, -0.15) is 0 Å². The fraction of sp³-hybridized carbons (Fsp3) is 0.0909. The molecular weight excluding hydrogens is 399 g/mol. The first kappa shape index (κ1) is 19.9. The van der Waals surface area contributed by atoms with Crippen molar-refractivity contribution in [2.24, 2.45) is 0 Å². The molecule has 0 fully saturated rings. The van der Waals surface area contributed by atoms with Crippen LogP contribution < -0.4 is 4.74 Å². The standard InChI is InChI=1S/C22H16Cl2O4/c23-19-7-4-8-20(24)18(19)13-28-21(25)14-27-17-11-9-16(10-12-17)22(26)15-5-2-1-3-6-15/h1-12H,13-14H2. The molecule has 0 heterocycles. The van der Waals surface area contributed by atoms with Crippen LogP contribution in [-0.4, -0.2) is 18.4 Å². The van der Waals surface area contributed by atoms with Crippen molar-refractivity contribution in [3.05, 3.63) is 99.5 Å². The Morgan fingerprint density at radius 1 is 0.750 bits per heavy atom. The van der Waals surface area contributed by atoms with Crippen LogP contribution in [0.15, 0.2) is 72.8 Å². The third-order valence-corrected chi connectivity index (χ3v) is 4.66. The Balaban J connectivity index is 1.52. The second-order valence-electron chi connectivity index (χ2n) is 5.87. The van der Waals surface area contributed by atoms with Crippen molar-refractivity contribution in [1.82, 2.24) is 0 Å². The van der Waals surface area contributed by atoms with Gasteiger partial charge in [-0.25, -0.2) is 4.79 Å². The van der Waals surface area contributed by atoms with E-state index in [-0.39, 0.29) is 19.0 Å². The van der Waals surface area contributed by atoms with Crippen LogP contribution >= 0.6 is 23.2 Å². The molecule has 3 rings (SSSR count). The third kappa shape index (κ3) is 5.12. The van der Waals surface area contributed by atoms with Crippen LogP contribution in [0.1, 0.15) is 21.5 Å². The van der Waals surface area contributed by atoms with E-state index in [1.54, 1.807) is 54.6 Å². The number of ketones is 1. The lowest BCUT2D eigenvalue weighted by molar-refractivity contribution is -0.147. The summed E-state index contributed by atoms with van der Waals surface area (Å²) in [6.45, 7) is -0.306. The molecule has 4 nitrogen and oxygen atoms in total. The number of halogens is 2. The van der Waals surface area contributed by atoms with Gasteiger partial charge >= 0.3 is 5.97 Å². The van der Waals surface area contributed by atoms with Gasteiger partial charge in [0.25, 0.3) is 0 Å². The Morgan fingerprint density at radius 3 is 2.00 bits per heavy atom. The molecule has 0 spiro atoms. The normalized spacial score (nSPS) is 10.4. The van der Waals surface area contributed by atoms with Gasteiger partial charge in [-0.15, -0.1) is 0 Å². The Hall–Kier alpha value is -2.82. The van der Waals surface area contributed by atoms with Crippen molar-refractivity contribution < 1.29 is 19.1 Å². The lowest BCUT2D eigenvalue weighted by atomic mass is 10.0. The molecule has 0 saturated carbocycles. The average Bonchev–Trinajstić information content (AvgIpc) is 2.72. The Kier molecular flexibility index (Phi) is 6.69. The predicted octanol–water partition coefficient (Wildman–Crippen LogP) is 5.35. The van der Waals surface area contributed by atoms with Crippen molar-refractivity contribution in [3.8, 4) is 5.75 Å². The van der Waals surface area contributed by atoms with Gasteiger partial charge in [0.05, 0.1) is 0 Å². The number of carbonyl (C=O) groups excluding carboxylic acids is 2. The molecule has 0 atom stereocenters. The third-order valence-electron chi connectivity index (χ3n) is 3.95. The number of hydrogen-bond acceptors (Lipinski definition) is 4. The molecule has 0 aromatic heterocycles. The highest BCUT2D eigenvalue weighted by Gasteiger charge is 2.11. The molecule has 3 aromatic rings. The largest absolute Gasteiger partial charge is 0.482 e. The summed E-state index contributed by atoms with van der Waals surface area (Å²) < 4.78 is 10.5. The smallest absolute Gasteiger partial charge is 0.344 e. The van der Waals surface area contributed by atoms with Gasteiger partial charge in [-0.3, -0.25) is 4.79 Å². The van der Waals surface area contributed by atoms with E-state index in [0.717, 1.165) is 0 Å². The minimum atomic E-state index is -0.555. The molecule has 0 radical (unpaired) electrons. The highest BCUT2D eigenvalue weighted by atomic mass is 35.5. The molecule has 0 saturated heterocycles. The van der Waals surface area contributed by atoms with E-state index in [1.807, 2.05) is 18.2 Å². The molecule has 0 aliphatic rings. The fourth-order valence-corrected chi connectivity index (χ4v) is 2.97. The lowest BCUT2D eigenvalue weighted by Crippen LogP contribution is -2.15. The molecule has 28 heavy (non-hydrogen) atoms. The van der Waals surface area contributed by atoms with E-state index < -0.39 is 5.97 Å². The van der Waals surface area contributed by atoms with Crippen molar-refractivity contribution in [1.29, 1.82) is 0 Å². The number of carbonyl (C=O) groups is 2. The topological polar surface area (TPSA) is 52.6 Å². The minimum Gasteiger partial charge on any atom is -0.482 e. The highest BCUT2D eigenvalue weighted by molar-refractivity contribution is 6.35. The SMILES string of the molecule is O=C(COc1ccc(C(=O)c2ccccc2)cc1)OCc1c(Cl)cccc1Cl. The zero-order valence-corrected chi connectivity index (χ0v) is 16.2. The molecule has 0 N–H and O–H groups in total. The zero-order valence-electron chi connectivity index (χ0n) is 14.7. The second kappa shape index (κ2) is 9.40. The van der Waals surface area contributed by atoms with E-state index in [4.69, 9.17) is 32.7 Å². The summed E-state index contributed by atoms with van der Waals surface area (Å²) in [5, 5.41) is 0.861. The quantitative estimate of drug-likeness (QED) is 0.386. The number of rotatable bonds is 7. The van der Waals surface area contributed by atoms with Crippen LogP contribution in [0.2, 0.25) is 10.0 Å². The molecule has 0 aliphatic carbocycles. The van der Waals surface area contributed by atoms with Crippen molar-refractivity contribution in [3.63, 3.8) is 0 Å². The van der Waals surface area contributed by atoms with Gasteiger partial charge < -0.3 is 9.47 Å². The number of esters is 1. The number of hydrogen-bond donors (Lipinski definition) is 0. The van der Waals surface area contributed by atoms with Crippen molar-refractivity contribution >= 4 is 35.0 Å². The van der Waals surface area contributed by atoms with E-state index in [0.29, 0.717) is 32.5 Å². The van der Waals surface area contributed by atoms with Gasteiger partial charge in [0, 0.05) is 26.7 Å². The predicted molar refractivity (Wildman–Crippen MR) is 108 cm³/mol. The fourth-order valence-electron chi connectivity index (χ4n) is 2.47. The number of benzene rings is 3. The second-order valence-corrected chi connectivity index (χ2v) is 6.68. The highest BCUT2D eigenvalue weighted by Crippen LogP contribution is 2.25. The summed E-state index contributed by atoms with van der Waals surface area (Å²) in [7, 11) is 0. The first-order valence-electron chi connectivity index (χ1n) is 8.45. The molecule has 0 aliphatic heterocycles. The Morgan fingerprint density at radius 2 is 1.36 bits per heavy atom. The van der Waals surface area contributed by atoms with Gasteiger partial charge in [-0.05, 0) is 36.4 Å². The summed E-state index contributed by atoms with van der Waals surface area (Å²) in [5.74, 6) is -0.180. The lowest BCUT2D eigenvalue weighted by Gasteiger charge is -2.09. The average molecular weight is 415 g/mol. The molecule has 6 heteroatoms. The van der Waals surface area contributed by atoms with E-state index in [1.165, 1.54) is 0 Å². The molecular formula is C22H16Cl2O4. The Bertz CT molecular complexity index is 949. The Labute approximate surface area is 172 Å². The molecule has 3 aromatic carbocycles. The molecule has 0 unspecified atom stereocenters. The van der Waals surface area contributed by atoms with E-state index in [2.05, 4.69) is 0 Å². The summed E-state index contributed by atoms with van der Waals surface area (Å²) in [6, 6.07) is 20.6. The maximum Gasteiger partial charge on any atom is 0.344 e. The van der Waals surface area contributed by atoms with Crippen LogP contribution in [0.4, 0.5) is 0 Å². The van der Waals surface area contributed by atoms with Crippen molar-refractivity contribution in [2.45, 2.75) is 6.61 Å². The maximum atomic E-state index is 12.4. The number of ether oxygens (including phenoxy) is 2. The first-order chi connectivity index (χ1) is 13.5. The van der Waals surface area contributed by atoms with E-state index in [9.17, 15) is 9.59 Å². The summed E-state index contributed by atoms with van der Waals surface area (Å²) in [4.78, 5) is 24.2. The molecule has 0 amide bonds.